The zero-order chi connectivity index (χ0) is 16.0. The van der Waals surface area contributed by atoms with E-state index in [1.165, 1.54) is 20.3 Å². The van der Waals surface area contributed by atoms with Gasteiger partial charge in [-0.1, -0.05) is 11.6 Å². The van der Waals surface area contributed by atoms with Crippen molar-refractivity contribution in [2.75, 3.05) is 27.4 Å². The first kappa shape index (κ1) is 18.3. The van der Waals surface area contributed by atoms with Crippen LogP contribution >= 0.6 is 11.6 Å². The van der Waals surface area contributed by atoms with Gasteiger partial charge in [-0.3, -0.25) is 0 Å². The van der Waals surface area contributed by atoms with E-state index < -0.39 is 10.0 Å². The van der Waals surface area contributed by atoms with Crippen molar-refractivity contribution in [1.82, 2.24) is 4.72 Å². The molecule has 0 aliphatic rings. The van der Waals surface area contributed by atoms with Crippen LogP contribution < -0.4 is 4.72 Å². The number of nitrogens with one attached hydrogen (secondary N) is 1. The number of sulfonamides is 1. The number of benzene rings is 1. The molecule has 1 rings (SSSR count). The lowest BCUT2D eigenvalue weighted by Crippen LogP contribution is -2.36. The molecule has 0 amide bonds. The number of halogens is 1. The molecule has 1 unspecified atom stereocenters. The summed E-state index contributed by atoms with van der Waals surface area (Å²) in [5, 5.41) is 9.50. The van der Waals surface area contributed by atoms with Crippen LogP contribution in [0.4, 0.5) is 0 Å². The van der Waals surface area contributed by atoms with Gasteiger partial charge in [-0.25, -0.2) is 13.1 Å². The minimum atomic E-state index is -3.75. The molecule has 0 aliphatic carbocycles. The maximum atomic E-state index is 12.4. The van der Waals surface area contributed by atoms with Crippen LogP contribution in [-0.2, 0) is 26.1 Å². The molecule has 120 valence electrons. The van der Waals surface area contributed by atoms with Gasteiger partial charge in [0.2, 0.25) is 10.0 Å². The van der Waals surface area contributed by atoms with Crippen molar-refractivity contribution in [1.29, 1.82) is 0 Å². The van der Waals surface area contributed by atoms with Gasteiger partial charge in [-0.05, 0) is 30.2 Å². The molecule has 0 saturated heterocycles. The number of rotatable bonds is 8. The second-order valence-electron chi connectivity index (χ2n) is 4.51. The molecule has 0 fully saturated rings. The fourth-order valence-corrected chi connectivity index (χ4v) is 3.51. The number of aliphatic hydroxyl groups excluding tert-OH is 1. The number of hydrogen-bond acceptors (Lipinski definition) is 5. The summed E-state index contributed by atoms with van der Waals surface area (Å²) in [6.07, 6.45) is -0.387. The van der Waals surface area contributed by atoms with Gasteiger partial charge in [0.05, 0.1) is 24.2 Å². The van der Waals surface area contributed by atoms with E-state index in [1.807, 2.05) is 0 Å². The molecule has 6 nitrogen and oxygen atoms in total. The Morgan fingerprint density at radius 2 is 2.05 bits per heavy atom. The third-order valence-corrected chi connectivity index (χ3v) is 4.85. The van der Waals surface area contributed by atoms with Crippen LogP contribution in [0.5, 0.6) is 0 Å². The summed E-state index contributed by atoms with van der Waals surface area (Å²) in [5.41, 5.74) is 0.943. The van der Waals surface area contributed by atoms with Crippen molar-refractivity contribution in [2.24, 2.45) is 0 Å². The van der Waals surface area contributed by atoms with Gasteiger partial charge < -0.3 is 14.6 Å². The summed E-state index contributed by atoms with van der Waals surface area (Å²) in [5.74, 6) is 0. The third kappa shape index (κ3) is 4.91. The standard InChI is InChI=1S/C13H20ClNO5S/c1-9-10(7-16)4-11(14)5-13(9)21(17,18)15-6-12(20-3)8-19-2/h4-5,12,15-16H,6-8H2,1-3H3. The van der Waals surface area contributed by atoms with Crippen molar-refractivity contribution in [3.63, 3.8) is 0 Å². The maximum absolute atomic E-state index is 12.4. The SMILES string of the molecule is COCC(CNS(=O)(=O)c1cc(Cl)cc(CO)c1C)OC. The molecule has 2 N–H and O–H groups in total. The van der Waals surface area contributed by atoms with Crippen LogP contribution in [0, 0.1) is 6.92 Å². The normalized spacial score (nSPS) is 13.4. The van der Waals surface area contributed by atoms with Gasteiger partial charge in [0, 0.05) is 25.8 Å². The summed E-state index contributed by atoms with van der Waals surface area (Å²) in [6.45, 7) is 1.70. The fourth-order valence-electron chi connectivity index (χ4n) is 1.83. The number of methoxy groups -OCH3 is 2. The highest BCUT2D eigenvalue weighted by atomic mass is 35.5. The summed E-state index contributed by atoms with van der Waals surface area (Å²) in [4.78, 5) is 0.0475. The van der Waals surface area contributed by atoms with Crippen molar-refractivity contribution < 1.29 is 23.0 Å². The number of hydrogen-bond donors (Lipinski definition) is 2. The topological polar surface area (TPSA) is 84.9 Å². The summed E-state index contributed by atoms with van der Waals surface area (Å²) >= 11 is 5.90. The molecule has 0 heterocycles. The number of ether oxygens (including phenoxy) is 2. The van der Waals surface area contributed by atoms with E-state index in [9.17, 15) is 13.5 Å². The first-order valence-electron chi connectivity index (χ1n) is 6.27. The largest absolute Gasteiger partial charge is 0.392 e. The second kappa shape index (κ2) is 8.07. The molecule has 0 bridgehead atoms. The molecule has 0 radical (unpaired) electrons. The molecular weight excluding hydrogens is 318 g/mol. The average molecular weight is 338 g/mol. The van der Waals surface area contributed by atoms with Crippen LogP contribution in [-0.4, -0.2) is 47.0 Å². The molecular formula is C13H20ClNO5S. The summed E-state index contributed by atoms with van der Waals surface area (Å²) in [6, 6.07) is 2.90. The van der Waals surface area contributed by atoms with Crippen LogP contribution in [0.25, 0.3) is 0 Å². The highest BCUT2D eigenvalue weighted by Gasteiger charge is 2.21. The smallest absolute Gasteiger partial charge is 0.240 e. The van der Waals surface area contributed by atoms with E-state index in [2.05, 4.69) is 4.72 Å². The quantitative estimate of drug-likeness (QED) is 0.741. The Labute approximate surface area is 130 Å². The number of aliphatic hydroxyl groups is 1. The Bertz CT molecular complexity index is 576. The molecule has 1 atom stereocenters. The zero-order valence-electron chi connectivity index (χ0n) is 12.2. The molecule has 21 heavy (non-hydrogen) atoms. The molecule has 0 spiro atoms. The second-order valence-corrected chi connectivity index (χ2v) is 6.68. The van der Waals surface area contributed by atoms with Crippen molar-refractivity contribution in [3.8, 4) is 0 Å². The van der Waals surface area contributed by atoms with E-state index in [1.54, 1.807) is 13.0 Å². The first-order valence-corrected chi connectivity index (χ1v) is 8.13. The van der Waals surface area contributed by atoms with Crippen LogP contribution in [0.3, 0.4) is 0 Å². The monoisotopic (exact) mass is 337 g/mol. The van der Waals surface area contributed by atoms with Crippen molar-refractivity contribution in [2.45, 2.75) is 24.5 Å². The zero-order valence-corrected chi connectivity index (χ0v) is 13.8. The van der Waals surface area contributed by atoms with Crippen LogP contribution in [0.1, 0.15) is 11.1 Å². The predicted molar refractivity (Wildman–Crippen MR) is 80.0 cm³/mol. The van der Waals surface area contributed by atoms with Gasteiger partial charge in [-0.2, -0.15) is 0 Å². The van der Waals surface area contributed by atoms with E-state index in [0.29, 0.717) is 11.1 Å². The van der Waals surface area contributed by atoms with E-state index in [4.69, 9.17) is 21.1 Å². The Balaban J connectivity index is 3.00. The van der Waals surface area contributed by atoms with Crippen molar-refractivity contribution >= 4 is 21.6 Å². The van der Waals surface area contributed by atoms with Crippen molar-refractivity contribution in [3.05, 3.63) is 28.3 Å². The van der Waals surface area contributed by atoms with E-state index in [0.717, 1.165) is 0 Å². The highest BCUT2D eigenvalue weighted by molar-refractivity contribution is 7.89. The van der Waals surface area contributed by atoms with Gasteiger partial charge in [0.15, 0.2) is 0 Å². The van der Waals surface area contributed by atoms with Crippen LogP contribution in [0.2, 0.25) is 5.02 Å². The van der Waals surface area contributed by atoms with Gasteiger partial charge in [-0.15, -0.1) is 0 Å². The van der Waals surface area contributed by atoms with Gasteiger partial charge >= 0.3 is 0 Å². The average Bonchev–Trinajstić information content (AvgIpc) is 2.45. The molecule has 0 aliphatic heterocycles. The van der Waals surface area contributed by atoms with Crippen LogP contribution in [0.15, 0.2) is 17.0 Å². The highest BCUT2D eigenvalue weighted by Crippen LogP contribution is 2.24. The molecule has 0 aromatic heterocycles. The lowest BCUT2D eigenvalue weighted by atomic mass is 10.1. The molecule has 1 aromatic carbocycles. The fraction of sp³-hybridized carbons (Fsp3) is 0.538. The Kier molecular flexibility index (Phi) is 7.05. The molecule has 1 aromatic rings. The maximum Gasteiger partial charge on any atom is 0.240 e. The summed E-state index contributed by atoms with van der Waals surface area (Å²) in [7, 11) is -0.763. The predicted octanol–water partition coefficient (Wildman–Crippen LogP) is 1.08. The minimum Gasteiger partial charge on any atom is -0.392 e. The van der Waals surface area contributed by atoms with Gasteiger partial charge in [0.1, 0.15) is 0 Å². The lowest BCUT2D eigenvalue weighted by molar-refractivity contribution is 0.0320. The van der Waals surface area contributed by atoms with E-state index >= 15 is 0 Å². The Morgan fingerprint density at radius 1 is 1.38 bits per heavy atom. The van der Waals surface area contributed by atoms with E-state index in [-0.39, 0.29) is 35.8 Å². The third-order valence-electron chi connectivity index (χ3n) is 3.08. The van der Waals surface area contributed by atoms with Gasteiger partial charge in [0.25, 0.3) is 0 Å². The minimum absolute atomic E-state index is 0.0475. The first-order chi connectivity index (χ1) is 9.85. The summed E-state index contributed by atoms with van der Waals surface area (Å²) < 4.78 is 37.2. The Hall–Kier alpha value is -0.700. The lowest BCUT2D eigenvalue weighted by Gasteiger charge is -2.17. The molecule has 0 saturated carbocycles. The molecule has 8 heteroatoms. The Morgan fingerprint density at radius 3 is 2.57 bits per heavy atom.